The Morgan fingerprint density at radius 1 is 0.931 bits per heavy atom. The fraction of sp³-hybridized carbons (Fsp3) is 0.0455. The first kappa shape index (κ1) is 20.3. The van der Waals surface area contributed by atoms with E-state index in [1.54, 1.807) is 79.9 Å². The Bertz CT molecular complexity index is 1030. The second-order valence-electron chi connectivity index (χ2n) is 5.90. The quantitative estimate of drug-likeness (QED) is 0.259. The number of halogens is 1. The number of methoxy groups -OCH3 is 1. The van der Waals surface area contributed by atoms with Crippen molar-refractivity contribution in [3.05, 3.63) is 94.0 Å². The van der Waals surface area contributed by atoms with Crippen LogP contribution in [0.3, 0.4) is 0 Å². The van der Waals surface area contributed by atoms with E-state index in [-0.39, 0.29) is 5.91 Å². The second-order valence-corrected chi connectivity index (χ2v) is 6.81. The number of amides is 1. The van der Waals surface area contributed by atoms with Gasteiger partial charge in [0.15, 0.2) is 0 Å². The van der Waals surface area contributed by atoms with Crippen LogP contribution < -0.4 is 14.9 Å². The fourth-order valence-electron chi connectivity index (χ4n) is 2.38. The predicted octanol–water partition coefficient (Wildman–Crippen LogP) is 4.44. The molecule has 0 bridgehead atoms. The summed E-state index contributed by atoms with van der Waals surface area (Å²) >= 11 is 3.32. The molecule has 0 fully saturated rings. The van der Waals surface area contributed by atoms with Gasteiger partial charge in [0.25, 0.3) is 5.91 Å². The van der Waals surface area contributed by atoms with Crippen LogP contribution in [0.1, 0.15) is 26.3 Å². The van der Waals surface area contributed by atoms with Crippen LogP contribution in [-0.2, 0) is 0 Å². The SMILES string of the molecule is COc1ccc(C(=O)Oc2cccc(/C=N\NC(=O)c3ccc(Br)cc3)c2)cc1. The van der Waals surface area contributed by atoms with E-state index < -0.39 is 5.97 Å². The first-order chi connectivity index (χ1) is 14.0. The number of nitrogens with one attached hydrogen (secondary N) is 1. The summed E-state index contributed by atoms with van der Waals surface area (Å²) in [5, 5.41) is 3.95. The smallest absolute Gasteiger partial charge is 0.343 e. The zero-order chi connectivity index (χ0) is 20.6. The number of hydrogen-bond donors (Lipinski definition) is 1. The van der Waals surface area contributed by atoms with Crippen molar-refractivity contribution in [3.8, 4) is 11.5 Å². The van der Waals surface area contributed by atoms with Crippen molar-refractivity contribution in [2.75, 3.05) is 7.11 Å². The van der Waals surface area contributed by atoms with Crippen LogP contribution in [-0.4, -0.2) is 25.2 Å². The Labute approximate surface area is 176 Å². The Morgan fingerprint density at radius 3 is 2.31 bits per heavy atom. The van der Waals surface area contributed by atoms with Crippen LogP contribution in [0.15, 0.2) is 82.4 Å². The van der Waals surface area contributed by atoms with Gasteiger partial charge in [0.05, 0.1) is 18.9 Å². The number of rotatable bonds is 6. The van der Waals surface area contributed by atoms with Crippen LogP contribution in [0.4, 0.5) is 0 Å². The molecule has 0 saturated carbocycles. The minimum absolute atomic E-state index is 0.323. The molecule has 3 aromatic rings. The molecule has 3 aromatic carbocycles. The molecule has 3 rings (SSSR count). The molecule has 29 heavy (non-hydrogen) atoms. The largest absolute Gasteiger partial charge is 0.497 e. The van der Waals surface area contributed by atoms with E-state index in [4.69, 9.17) is 9.47 Å². The third-order valence-corrected chi connectivity index (χ3v) is 4.41. The fourth-order valence-corrected chi connectivity index (χ4v) is 2.65. The van der Waals surface area contributed by atoms with Crippen molar-refractivity contribution < 1.29 is 19.1 Å². The molecule has 7 heteroatoms. The lowest BCUT2D eigenvalue weighted by atomic mass is 10.2. The molecule has 146 valence electrons. The maximum atomic E-state index is 12.3. The average Bonchev–Trinajstić information content (AvgIpc) is 2.74. The topological polar surface area (TPSA) is 77.0 Å². The van der Waals surface area contributed by atoms with Crippen molar-refractivity contribution in [2.24, 2.45) is 5.10 Å². The lowest BCUT2D eigenvalue weighted by molar-refractivity contribution is 0.0734. The summed E-state index contributed by atoms with van der Waals surface area (Å²) in [6.45, 7) is 0. The van der Waals surface area contributed by atoms with E-state index in [2.05, 4.69) is 26.5 Å². The van der Waals surface area contributed by atoms with Gasteiger partial charge in [-0.2, -0.15) is 5.10 Å². The van der Waals surface area contributed by atoms with Gasteiger partial charge in [-0.1, -0.05) is 28.1 Å². The van der Waals surface area contributed by atoms with Crippen molar-refractivity contribution in [1.82, 2.24) is 5.43 Å². The molecule has 0 radical (unpaired) electrons. The molecule has 0 aliphatic rings. The van der Waals surface area contributed by atoms with Gasteiger partial charge in [0, 0.05) is 10.0 Å². The molecule has 0 unspecified atom stereocenters. The molecule has 0 heterocycles. The molecular weight excluding hydrogens is 436 g/mol. The van der Waals surface area contributed by atoms with Crippen molar-refractivity contribution in [2.45, 2.75) is 0 Å². The van der Waals surface area contributed by atoms with Crippen LogP contribution >= 0.6 is 15.9 Å². The number of hydrazone groups is 1. The average molecular weight is 453 g/mol. The summed E-state index contributed by atoms with van der Waals surface area (Å²) in [4.78, 5) is 24.3. The van der Waals surface area contributed by atoms with E-state index in [9.17, 15) is 9.59 Å². The number of benzene rings is 3. The summed E-state index contributed by atoms with van der Waals surface area (Å²) in [6, 6.07) is 20.4. The Morgan fingerprint density at radius 2 is 1.62 bits per heavy atom. The number of carbonyl (C=O) groups is 2. The Balaban J connectivity index is 1.61. The van der Waals surface area contributed by atoms with E-state index in [0.717, 1.165) is 4.47 Å². The number of carbonyl (C=O) groups excluding carboxylic acids is 2. The molecule has 0 aromatic heterocycles. The number of esters is 1. The van der Waals surface area contributed by atoms with Gasteiger partial charge in [0.1, 0.15) is 11.5 Å². The molecule has 0 aliphatic heterocycles. The summed E-state index contributed by atoms with van der Waals surface area (Å²) < 4.78 is 11.3. The predicted molar refractivity (Wildman–Crippen MR) is 114 cm³/mol. The molecule has 1 N–H and O–H groups in total. The maximum Gasteiger partial charge on any atom is 0.343 e. The minimum Gasteiger partial charge on any atom is -0.497 e. The first-order valence-corrected chi connectivity index (χ1v) is 9.40. The van der Waals surface area contributed by atoms with Gasteiger partial charge in [0.2, 0.25) is 0 Å². The molecule has 1 amide bonds. The maximum absolute atomic E-state index is 12.3. The minimum atomic E-state index is -0.481. The van der Waals surface area contributed by atoms with Gasteiger partial charge in [-0.25, -0.2) is 10.2 Å². The van der Waals surface area contributed by atoms with Crippen molar-refractivity contribution >= 4 is 34.0 Å². The summed E-state index contributed by atoms with van der Waals surface area (Å²) in [7, 11) is 1.56. The van der Waals surface area contributed by atoms with Crippen molar-refractivity contribution in [3.63, 3.8) is 0 Å². The highest BCUT2D eigenvalue weighted by atomic mass is 79.9. The monoisotopic (exact) mass is 452 g/mol. The highest BCUT2D eigenvalue weighted by molar-refractivity contribution is 9.10. The molecule has 0 aliphatic carbocycles. The summed E-state index contributed by atoms with van der Waals surface area (Å²) in [6.07, 6.45) is 1.47. The summed E-state index contributed by atoms with van der Waals surface area (Å²) in [5.41, 5.74) is 4.03. The Kier molecular flexibility index (Phi) is 6.76. The summed E-state index contributed by atoms with van der Waals surface area (Å²) in [5.74, 6) is 0.222. The highest BCUT2D eigenvalue weighted by Crippen LogP contribution is 2.16. The van der Waals surface area contributed by atoms with Crippen LogP contribution in [0, 0.1) is 0 Å². The lowest BCUT2D eigenvalue weighted by Gasteiger charge is -2.06. The van der Waals surface area contributed by atoms with Gasteiger partial charge < -0.3 is 9.47 Å². The standard InChI is InChI=1S/C22H17BrN2O4/c1-28-19-11-7-17(8-12-19)22(27)29-20-4-2-3-15(13-20)14-24-25-21(26)16-5-9-18(23)10-6-16/h2-14H,1H3,(H,25,26)/b24-14-. The first-order valence-electron chi connectivity index (χ1n) is 8.60. The van der Waals surface area contributed by atoms with Gasteiger partial charge in [-0.3, -0.25) is 4.79 Å². The van der Waals surface area contributed by atoms with Crippen LogP contribution in [0.5, 0.6) is 11.5 Å². The molecule has 0 atom stereocenters. The van der Waals surface area contributed by atoms with E-state index in [0.29, 0.717) is 28.2 Å². The Hall–Kier alpha value is -3.45. The van der Waals surface area contributed by atoms with Gasteiger partial charge in [-0.05, 0) is 66.2 Å². The second kappa shape index (κ2) is 9.66. The highest BCUT2D eigenvalue weighted by Gasteiger charge is 2.09. The van der Waals surface area contributed by atoms with E-state index in [1.807, 2.05) is 0 Å². The van der Waals surface area contributed by atoms with Crippen LogP contribution in [0.25, 0.3) is 0 Å². The van der Waals surface area contributed by atoms with Gasteiger partial charge in [-0.15, -0.1) is 0 Å². The molecule has 6 nitrogen and oxygen atoms in total. The number of hydrogen-bond acceptors (Lipinski definition) is 5. The zero-order valence-corrected chi connectivity index (χ0v) is 17.0. The molecule has 0 spiro atoms. The van der Waals surface area contributed by atoms with E-state index >= 15 is 0 Å². The van der Waals surface area contributed by atoms with Gasteiger partial charge >= 0.3 is 5.97 Å². The third-order valence-electron chi connectivity index (χ3n) is 3.88. The van der Waals surface area contributed by atoms with Crippen LogP contribution in [0.2, 0.25) is 0 Å². The molecular formula is C22H17BrN2O4. The zero-order valence-electron chi connectivity index (χ0n) is 15.5. The molecule has 0 saturated heterocycles. The number of ether oxygens (including phenoxy) is 2. The lowest BCUT2D eigenvalue weighted by Crippen LogP contribution is -2.17. The third kappa shape index (κ3) is 5.76. The normalized spacial score (nSPS) is 10.6. The van der Waals surface area contributed by atoms with E-state index in [1.165, 1.54) is 6.21 Å². The number of nitrogens with zero attached hydrogens (tertiary/aromatic N) is 1. The van der Waals surface area contributed by atoms with Crippen molar-refractivity contribution in [1.29, 1.82) is 0 Å².